The highest BCUT2D eigenvalue weighted by Crippen LogP contribution is 2.66. The van der Waals surface area contributed by atoms with Crippen LogP contribution in [-0.2, 0) is 10.8 Å². The number of para-hydroxylation sites is 4. The maximum absolute atomic E-state index is 2.60. The van der Waals surface area contributed by atoms with Crippen LogP contribution < -0.4 is 9.80 Å². The van der Waals surface area contributed by atoms with Crippen LogP contribution in [0.3, 0.4) is 0 Å². The molecule has 2 nitrogen and oxygen atoms in total. The minimum atomic E-state index is -0.561. The van der Waals surface area contributed by atoms with E-state index in [4.69, 9.17) is 0 Å². The zero-order valence-electron chi connectivity index (χ0n) is 50.2. The third-order valence-electron chi connectivity index (χ3n) is 21.0. The largest absolute Gasteiger partial charge is 0.309 e. The summed E-state index contributed by atoms with van der Waals surface area (Å²) >= 11 is 0. The van der Waals surface area contributed by atoms with Gasteiger partial charge >= 0.3 is 0 Å². The van der Waals surface area contributed by atoms with Gasteiger partial charge in [0, 0.05) is 10.8 Å². The third kappa shape index (κ3) is 6.67. The Morgan fingerprint density at radius 2 is 0.402 bits per heavy atom. The number of nitrogens with zero attached hydrogens (tertiary/aromatic N) is 2. The first-order chi connectivity index (χ1) is 45.7. The molecule has 0 unspecified atom stereocenters. The second-order valence-corrected chi connectivity index (χ2v) is 25.2. The molecular weight excluding hydrogens is 1110 g/mol. The molecule has 16 aromatic carbocycles. The van der Waals surface area contributed by atoms with Crippen LogP contribution in [0.2, 0.25) is 0 Å². The lowest BCUT2D eigenvalue weighted by molar-refractivity contribution is 0.753. The standard InChI is InChI=1S/C90H56N2/c1-3-27-57(28-4-1)59-35-23-37-65-69(59)55-70-60(58-29-5-2-6-30-58)36-24-38-66(70)87(65)88-67-39-25-53-81(91-83-49-19-15-45-77(83)89(78-46-16-20-50-84(78)91)73-41-11-7-31-61(73)62-32-8-12-42-74(62)89)71(67)56-72-68(88)40-26-54-82(72)92-85-51-21-17-47-79(85)90(80-48-18-22-52-86(80)92)75-43-13-9-33-63(75)64-34-10-14-44-76(64)90/h1-56H. The smallest absolute Gasteiger partial charge is 0.0754 e. The number of anilines is 6. The van der Waals surface area contributed by atoms with Crippen molar-refractivity contribution in [1.82, 2.24) is 0 Å². The Labute approximate surface area is 534 Å². The predicted octanol–water partition coefficient (Wildman–Crippen LogP) is 23.6. The van der Waals surface area contributed by atoms with Gasteiger partial charge in [-0.15, -0.1) is 0 Å². The van der Waals surface area contributed by atoms with Crippen molar-refractivity contribution < 1.29 is 0 Å². The van der Waals surface area contributed by atoms with Gasteiger partial charge in [0.2, 0.25) is 0 Å². The summed E-state index contributed by atoms with van der Waals surface area (Å²) in [4.78, 5) is 5.21. The van der Waals surface area contributed by atoms with Crippen molar-refractivity contribution in [2.24, 2.45) is 0 Å². The van der Waals surface area contributed by atoms with E-state index < -0.39 is 10.8 Å². The summed E-state index contributed by atoms with van der Waals surface area (Å²) in [5, 5.41) is 9.52. The molecular formula is C90H56N2. The van der Waals surface area contributed by atoms with Crippen molar-refractivity contribution >= 4 is 77.2 Å². The summed E-state index contributed by atoms with van der Waals surface area (Å²) in [5.41, 5.74) is 28.5. The zero-order chi connectivity index (χ0) is 60.2. The van der Waals surface area contributed by atoms with Gasteiger partial charge in [-0.05, 0) is 181 Å². The molecule has 0 amide bonds. The van der Waals surface area contributed by atoms with Crippen molar-refractivity contribution in [2.45, 2.75) is 10.8 Å². The molecule has 0 radical (unpaired) electrons. The van der Waals surface area contributed by atoms with Crippen molar-refractivity contribution in [1.29, 1.82) is 0 Å². The van der Waals surface area contributed by atoms with Gasteiger partial charge in [-0.2, -0.15) is 0 Å². The molecule has 2 aliphatic heterocycles. The molecule has 2 spiro atoms. The SMILES string of the molecule is c1ccc(-c2cccc3c(-c4c5cccc(N6c7ccccc7C7(c8ccccc8-c8ccccc87)c7ccccc76)c5cc5c(N6c7ccccc7C7(c8ccccc8-c8ccccc87)c7ccccc76)cccc45)c4cccc(-c5ccccc5)c4cc23)cc1. The fourth-order valence-corrected chi connectivity index (χ4v) is 17.6. The maximum atomic E-state index is 2.60. The Morgan fingerprint density at radius 3 is 0.739 bits per heavy atom. The average molecular weight is 1170 g/mol. The van der Waals surface area contributed by atoms with E-state index in [0.717, 1.165) is 44.9 Å². The summed E-state index contributed by atoms with van der Waals surface area (Å²) in [6, 6.07) is 129. The maximum Gasteiger partial charge on any atom is 0.0754 e. The molecule has 0 fully saturated rings. The molecule has 0 saturated carbocycles. The first kappa shape index (κ1) is 51.1. The highest BCUT2D eigenvalue weighted by molar-refractivity contribution is 6.28. The number of benzene rings is 16. The van der Waals surface area contributed by atoms with E-state index in [1.54, 1.807) is 0 Å². The molecule has 16 aromatic rings. The van der Waals surface area contributed by atoms with Crippen LogP contribution in [0.4, 0.5) is 34.1 Å². The number of hydrogen-bond donors (Lipinski definition) is 0. The lowest BCUT2D eigenvalue weighted by Gasteiger charge is -2.45. The topological polar surface area (TPSA) is 6.48 Å². The first-order valence-corrected chi connectivity index (χ1v) is 32.2. The Morgan fingerprint density at radius 1 is 0.163 bits per heavy atom. The lowest BCUT2D eigenvalue weighted by Crippen LogP contribution is -2.36. The van der Waals surface area contributed by atoms with Gasteiger partial charge in [-0.25, -0.2) is 0 Å². The highest BCUT2D eigenvalue weighted by Gasteiger charge is 2.53. The van der Waals surface area contributed by atoms with Gasteiger partial charge in [-0.1, -0.05) is 291 Å². The van der Waals surface area contributed by atoms with Gasteiger partial charge in [-0.3, -0.25) is 0 Å². The molecule has 2 heteroatoms. The van der Waals surface area contributed by atoms with Crippen LogP contribution in [0.1, 0.15) is 44.5 Å². The van der Waals surface area contributed by atoms with Gasteiger partial charge < -0.3 is 9.80 Å². The van der Waals surface area contributed by atoms with E-state index in [0.29, 0.717) is 0 Å². The molecule has 2 aliphatic carbocycles. The molecule has 0 bridgehead atoms. The van der Waals surface area contributed by atoms with Crippen LogP contribution in [0.5, 0.6) is 0 Å². The Balaban J connectivity index is 0.935. The molecule has 0 aromatic heterocycles. The number of fused-ring (bicyclic) bond motifs is 22. The molecule has 92 heavy (non-hydrogen) atoms. The minimum Gasteiger partial charge on any atom is -0.309 e. The van der Waals surface area contributed by atoms with E-state index in [9.17, 15) is 0 Å². The van der Waals surface area contributed by atoms with Gasteiger partial charge in [0.05, 0.1) is 45.0 Å². The molecule has 0 atom stereocenters. The second-order valence-electron chi connectivity index (χ2n) is 25.2. The van der Waals surface area contributed by atoms with Crippen molar-refractivity contribution in [2.75, 3.05) is 9.80 Å². The zero-order valence-corrected chi connectivity index (χ0v) is 50.2. The predicted molar refractivity (Wildman–Crippen MR) is 384 cm³/mol. The first-order valence-electron chi connectivity index (χ1n) is 32.2. The Hall–Kier alpha value is -11.8. The summed E-state index contributed by atoms with van der Waals surface area (Å²) in [7, 11) is 0. The average Bonchev–Trinajstić information content (AvgIpc) is 1.42. The van der Waals surface area contributed by atoms with Crippen LogP contribution >= 0.6 is 0 Å². The van der Waals surface area contributed by atoms with Crippen LogP contribution in [0, 0.1) is 0 Å². The number of hydrogen-bond acceptors (Lipinski definition) is 2. The lowest BCUT2D eigenvalue weighted by atomic mass is 9.64. The molecule has 0 N–H and O–H groups in total. The minimum absolute atomic E-state index is 0.561. The Bertz CT molecular complexity index is 5260. The van der Waals surface area contributed by atoms with Crippen LogP contribution in [0.25, 0.3) is 98.7 Å². The van der Waals surface area contributed by atoms with E-state index in [2.05, 4.69) is 350 Å². The van der Waals surface area contributed by atoms with Gasteiger partial charge in [0.25, 0.3) is 0 Å². The molecule has 2 heterocycles. The van der Waals surface area contributed by atoms with E-state index in [-0.39, 0.29) is 0 Å². The van der Waals surface area contributed by atoms with Crippen LogP contribution in [0.15, 0.2) is 340 Å². The van der Waals surface area contributed by atoms with Gasteiger partial charge in [0.1, 0.15) is 0 Å². The van der Waals surface area contributed by atoms with Crippen molar-refractivity contribution in [3.05, 3.63) is 384 Å². The molecule has 4 aliphatic rings. The van der Waals surface area contributed by atoms with Gasteiger partial charge in [0.15, 0.2) is 0 Å². The fourth-order valence-electron chi connectivity index (χ4n) is 17.6. The normalized spacial score (nSPS) is 14.0. The monoisotopic (exact) mass is 1160 g/mol. The molecule has 20 rings (SSSR count). The molecule has 0 saturated heterocycles. The summed E-state index contributed by atoms with van der Waals surface area (Å²) in [5.74, 6) is 0. The quantitative estimate of drug-likeness (QED) is 0.159. The van der Waals surface area contributed by atoms with E-state index in [1.165, 1.54) is 132 Å². The summed E-state index contributed by atoms with van der Waals surface area (Å²) < 4.78 is 0. The highest BCUT2D eigenvalue weighted by atomic mass is 15.2. The summed E-state index contributed by atoms with van der Waals surface area (Å²) in [6.07, 6.45) is 0. The van der Waals surface area contributed by atoms with E-state index >= 15 is 0 Å². The second kappa shape index (κ2) is 19.3. The molecule has 426 valence electrons. The number of rotatable bonds is 5. The van der Waals surface area contributed by atoms with E-state index in [1.807, 2.05) is 0 Å². The Kier molecular flexibility index (Phi) is 10.7. The fraction of sp³-hybridized carbons (Fsp3) is 0.0222. The van der Waals surface area contributed by atoms with Crippen molar-refractivity contribution in [3.8, 4) is 55.6 Å². The summed E-state index contributed by atoms with van der Waals surface area (Å²) in [6.45, 7) is 0. The third-order valence-corrected chi connectivity index (χ3v) is 21.0. The van der Waals surface area contributed by atoms with Crippen molar-refractivity contribution in [3.63, 3.8) is 0 Å². The van der Waals surface area contributed by atoms with Crippen LogP contribution in [-0.4, -0.2) is 0 Å².